The van der Waals surface area contributed by atoms with Crippen LogP contribution < -0.4 is 20.5 Å². The van der Waals surface area contributed by atoms with Gasteiger partial charge in [-0.1, -0.05) is 5.16 Å². The number of benzene rings is 2. The smallest absolute Gasteiger partial charge is 0.170 e. The molecule has 0 saturated heterocycles. The lowest BCUT2D eigenvalue weighted by Gasteiger charge is -2.09. The number of imidazole rings is 1. The van der Waals surface area contributed by atoms with Gasteiger partial charge in [0.05, 0.1) is 30.2 Å². The van der Waals surface area contributed by atoms with Gasteiger partial charge in [-0.15, -0.1) is 11.3 Å². The number of unbranched alkanes of at least 4 members (excludes halogenated alkanes) is 2. The zero-order chi connectivity index (χ0) is 28.0. The molecule has 9 nitrogen and oxygen atoms in total. The Labute approximate surface area is 239 Å². The minimum Gasteiger partial charge on any atom is -0.494 e. The van der Waals surface area contributed by atoms with Gasteiger partial charge in [0.1, 0.15) is 11.5 Å². The van der Waals surface area contributed by atoms with E-state index in [0.29, 0.717) is 18.8 Å². The van der Waals surface area contributed by atoms with Crippen molar-refractivity contribution in [1.29, 1.82) is 0 Å². The molecule has 10 heteroatoms. The summed E-state index contributed by atoms with van der Waals surface area (Å²) in [5.74, 6) is 1.72. The summed E-state index contributed by atoms with van der Waals surface area (Å²) in [6, 6.07) is 15.4. The standard InChI is InChI=1S/C30H38N6O3S/c1-23-34-29(28(40-23)14-16-32-15-5-18-36-19-17-33-22-36)24-6-10-26(11-7-24)38-20-3-2-4-21-39-27-12-8-25(9-13-27)30(31)35-37/h6-13,17,19,22,32,37H,2-5,14-16,18,20-21H2,1H3,(H2,31,35). The van der Waals surface area contributed by atoms with Crippen LogP contribution in [0.1, 0.15) is 41.1 Å². The fourth-order valence-corrected chi connectivity index (χ4v) is 5.20. The number of thiazole rings is 1. The van der Waals surface area contributed by atoms with E-state index in [1.54, 1.807) is 23.5 Å². The van der Waals surface area contributed by atoms with Crippen LogP contribution >= 0.6 is 11.3 Å². The first-order chi connectivity index (χ1) is 19.6. The van der Waals surface area contributed by atoms with Crippen LogP contribution in [0.25, 0.3) is 11.3 Å². The number of ether oxygens (including phenoxy) is 2. The Morgan fingerprint density at radius 2 is 1.68 bits per heavy atom. The number of amidine groups is 1. The van der Waals surface area contributed by atoms with Crippen molar-refractivity contribution in [3.63, 3.8) is 0 Å². The highest BCUT2D eigenvalue weighted by atomic mass is 32.1. The van der Waals surface area contributed by atoms with Crippen LogP contribution in [-0.2, 0) is 13.0 Å². The van der Waals surface area contributed by atoms with Gasteiger partial charge >= 0.3 is 0 Å². The molecule has 212 valence electrons. The van der Waals surface area contributed by atoms with E-state index in [1.165, 1.54) is 4.88 Å². The van der Waals surface area contributed by atoms with Gasteiger partial charge < -0.3 is 30.3 Å². The zero-order valence-electron chi connectivity index (χ0n) is 23.0. The Hall–Kier alpha value is -3.89. The predicted octanol–water partition coefficient (Wildman–Crippen LogP) is 5.26. The molecule has 0 bridgehead atoms. The van der Waals surface area contributed by atoms with E-state index >= 15 is 0 Å². The minimum absolute atomic E-state index is 0.0846. The summed E-state index contributed by atoms with van der Waals surface area (Å²) >= 11 is 1.78. The number of oxime groups is 1. The van der Waals surface area contributed by atoms with Gasteiger partial charge in [0.25, 0.3) is 0 Å². The lowest BCUT2D eigenvalue weighted by atomic mass is 10.1. The molecule has 0 atom stereocenters. The molecule has 0 radical (unpaired) electrons. The van der Waals surface area contributed by atoms with Gasteiger partial charge in [0, 0.05) is 41.5 Å². The lowest BCUT2D eigenvalue weighted by Crippen LogP contribution is -2.19. The number of rotatable bonds is 17. The highest BCUT2D eigenvalue weighted by Crippen LogP contribution is 2.29. The number of aromatic nitrogens is 3. The van der Waals surface area contributed by atoms with E-state index in [1.807, 2.05) is 43.0 Å². The van der Waals surface area contributed by atoms with Crippen molar-refractivity contribution < 1.29 is 14.7 Å². The molecule has 0 saturated carbocycles. The molecule has 4 N–H and O–H groups in total. The van der Waals surface area contributed by atoms with Crippen LogP contribution in [0, 0.1) is 6.92 Å². The summed E-state index contributed by atoms with van der Waals surface area (Å²) in [4.78, 5) is 10.2. The predicted molar refractivity (Wildman–Crippen MR) is 159 cm³/mol. The zero-order valence-corrected chi connectivity index (χ0v) is 23.8. The van der Waals surface area contributed by atoms with Gasteiger partial charge in [0.2, 0.25) is 0 Å². The van der Waals surface area contributed by atoms with Crippen molar-refractivity contribution in [3.05, 3.63) is 82.7 Å². The van der Waals surface area contributed by atoms with E-state index in [4.69, 9.17) is 25.4 Å². The Bertz CT molecular complexity index is 1300. The summed E-state index contributed by atoms with van der Waals surface area (Å²) < 4.78 is 13.8. The van der Waals surface area contributed by atoms with Crippen molar-refractivity contribution in [3.8, 4) is 22.8 Å². The van der Waals surface area contributed by atoms with Crippen molar-refractivity contribution in [2.75, 3.05) is 26.3 Å². The molecule has 2 aromatic heterocycles. The second-order valence-corrected chi connectivity index (χ2v) is 10.7. The molecule has 0 aliphatic heterocycles. The highest BCUT2D eigenvalue weighted by Gasteiger charge is 2.11. The Morgan fingerprint density at radius 1 is 0.975 bits per heavy atom. The maximum atomic E-state index is 8.73. The normalized spacial score (nSPS) is 11.6. The van der Waals surface area contributed by atoms with Gasteiger partial charge in [-0.2, -0.15) is 0 Å². The monoisotopic (exact) mass is 562 g/mol. The largest absolute Gasteiger partial charge is 0.494 e. The molecule has 0 aliphatic carbocycles. The number of nitrogens with one attached hydrogen (secondary N) is 1. The Morgan fingerprint density at radius 3 is 2.33 bits per heavy atom. The average Bonchev–Trinajstić information content (AvgIpc) is 3.64. The Balaban J connectivity index is 1.11. The van der Waals surface area contributed by atoms with Crippen molar-refractivity contribution in [1.82, 2.24) is 19.9 Å². The SMILES string of the molecule is Cc1nc(-c2ccc(OCCCCCOc3ccc(C(N)=NO)cc3)cc2)c(CCNCCCn2ccnc2)s1. The van der Waals surface area contributed by atoms with Gasteiger partial charge in [-0.3, -0.25) is 0 Å². The molecule has 0 aliphatic rings. The van der Waals surface area contributed by atoms with Crippen molar-refractivity contribution >= 4 is 17.2 Å². The van der Waals surface area contributed by atoms with Crippen LogP contribution in [0.15, 0.2) is 72.4 Å². The number of nitrogens with zero attached hydrogens (tertiary/aromatic N) is 4. The average molecular weight is 563 g/mol. The van der Waals surface area contributed by atoms with Gasteiger partial charge in [-0.25, -0.2) is 9.97 Å². The van der Waals surface area contributed by atoms with Crippen molar-refractivity contribution in [2.24, 2.45) is 10.9 Å². The molecule has 4 aromatic rings. The van der Waals surface area contributed by atoms with Crippen LogP contribution in [0.2, 0.25) is 0 Å². The second-order valence-electron chi connectivity index (χ2n) is 9.45. The van der Waals surface area contributed by atoms with E-state index in [0.717, 1.165) is 79.5 Å². The highest BCUT2D eigenvalue weighted by molar-refractivity contribution is 7.12. The lowest BCUT2D eigenvalue weighted by molar-refractivity contribution is 0.279. The molecule has 2 aromatic carbocycles. The first kappa shape index (κ1) is 29.1. The number of aryl methyl sites for hydroxylation is 2. The van der Waals surface area contributed by atoms with Gasteiger partial charge in [0.15, 0.2) is 5.84 Å². The molecule has 2 heterocycles. The van der Waals surface area contributed by atoms with Crippen LogP contribution in [-0.4, -0.2) is 51.9 Å². The summed E-state index contributed by atoms with van der Waals surface area (Å²) in [5, 5.41) is 16.4. The van der Waals surface area contributed by atoms with E-state index in [-0.39, 0.29) is 5.84 Å². The van der Waals surface area contributed by atoms with Gasteiger partial charge in [-0.05, 0) is 94.1 Å². The van der Waals surface area contributed by atoms with Crippen molar-refractivity contribution in [2.45, 2.75) is 45.6 Å². The third-order valence-electron chi connectivity index (χ3n) is 6.37. The maximum absolute atomic E-state index is 8.73. The van der Waals surface area contributed by atoms with E-state index in [9.17, 15) is 0 Å². The number of hydrogen-bond acceptors (Lipinski definition) is 8. The molecular weight excluding hydrogens is 524 g/mol. The fraction of sp³-hybridized carbons (Fsp3) is 0.367. The molecular formula is C30H38N6O3S. The molecule has 40 heavy (non-hydrogen) atoms. The summed E-state index contributed by atoms with van der Waals surface area (Å²) in [6.45, 7) is 6.27. The molecule has 0 fully saturated rings. The summed E-state index contributed by atoms with van der Waals surface area (Å²) in [6.07, 6.45) is 10.6. The van der Waals surface area contributed by atoms with Crippen LogP contribution in [0.4, 0.5) is 0 Å². The number of hydrogen-bond donors (Lipinski definition) is 3. The summed E-state index contributed by atoms with van der Waals surface area (Å²) in [5.41, 5.74) is 8.44. The third kappa shape index (κ3) is 9.10. The van der Waals surface area contributed by atoms with E-state index in [2.05, 4.69) is 39.1 Å². The third-order valence-corrected chi connectivity index (χ3v) is 7.40. The molecule has 0 amide bonds. The first-order valence-electron chi connectivity index (χ1n) is 13.7. The first-order valence-corrected chi connectivity index (χ1v) is 14.5. The molecule has 0 unspecified atom stereocenters. The Kier molecular flexibility index (Phi) is 11.4. The molecule has 0 spiro atoms. The van der Waals surface area contributed by atoms with E-state index < -0.39 is 0 Å². The quantitative estimate of drug-likeness (QED) is 0.0528. The van der Waals surface area contributed by atoms with Crippen LogP contribution in [0.5, 0.6) is 11.5 Å². The minimum atomic E-state index is 0.0846. The summed E-state index contributed by atoms with van der Waals surface area (Å²) in [7, 11) is 0. The molecule has 4 rings (SSSR count). The number of nitrogens with two attached hydrogens (primary N) is 1. The maximum Gasteiger partial charge on any atom is 0.170 e. The topological polar surface area (TPSA) is 120 Å². The fourth-order valence-electron chi connectivity index (χ4n) is 4.25. The van der Waals surface area contributed by atoms with Crippen LogP contribution in [0.3, 0.4) is 0 Å². The second kappa shape index (κ2) is 15.6.